The standard InChI is InChI=1S/C22H35N3O2/c1-2-3-4-5-6-7-8-9-10-11-14-19-27-22(26)17-18-25-23-20-15-12-13-16-21(20)24-25/h12-13,15-16H,2-11,14,17-19H2,1H3. The van der Waals surface area contributed by atoms with Crippen LogP contribution in [-0.2, 0) is 16.1 Å². The maximum absolute atomic E-state index is 11.8. The molecule has 150 valence electrons. The summed E-state index contributed by atoms with van der Waals surface area (Å²) in [7, 11) is 0. The Morgan fingerprint density at radius 2 is 1.37 bits per heavy atom. The third-order valence-electron chi connectivity index (χ3n) is 4.85. The number of carbonyl (C=O) groups excluding carboxylic acids is 1. The Hall–Kier alpha value is -1.91. The van der Waals surface area contributed by atoms with Gasteiger partial charge < -0.3 is 4.74 Å². The van der Waals surface area contributed by atoms with Gasteiger partial charge in [0.25, 0.3) is 0 Å². The van der Waals surface area contributed by atoms with Gasteiger partial charge in [-0.1, -0.05) is 83.3 Å². The molecule has 0 aliphatic carbocycles. The highest BCUT2D eigenvalue weighted by atomic mass is 16.5. The summed E-state index contributed by atoms with van der Waals surface area (Å²) in [6.07, 6.45) is 14.6. The number of nitrogens with zero attached hydrogens (tertiary/aromatic N) is 3. The van der Waals surface area contributed by atoms with Crippen molar-refractivity contribution in [2.75, 3.05) is 6.61 Å². The van der Waals surface area contributed by atoms with Crippen LogP contribution < -0.4 is 0 Å². The van der Waals surface area contributed by atoms with Crippen LogP contribution in [0.5, 0.6) is 0 Å². The molecule has 1 heterocycles. The Morgan fingerprint density at radius 1 is 0.852 bits per heavy atom. The molecule has 0 atom stereocenters. The maximum Gasteiger partial charge on any atom is 0.307 e. The zero-order valence-corrected chi connectivity index (χ0v) is 16.9. The minimum atomic E-state index is -0.163. The van der Waals surface area contributed by atoms with Crippen molar-refractivity contribution < 1.29 is 9.53 Å². The van der Waals surface area contributed by atoms with Gasteiger partial charge in [-0.25, -0.2) is 0 Å². The SMILES string of the molecule is CCCCCCCCCCCCCOC(=O)CCn1nc2ccccc2n1. The van der Waals surface area contributed by atoms with Crippen LogP contribution in [0.3, 0.4) is 0 Å². The van der Waals surface area contributed by atoms with Crippen molar-refractivity contribution in [1.82, 2.24) is 15.0 Å². The highest BCUT2D eigenvalue weighted by molar-refractivity contribution is 5.73. The molecule has 0 saturated heterocycles. The Balaban J connectivity index is 1.41. The van der Waals surface area contributed by atoms with E-state index >= 15 is 0 Å². The van der Waals surface area contributed by atoms with Gasteiger partial charge in [-0.05, 0) is 18.6 Å². The summed E-state index contributed by atoms with van der Waals surface area (Å²) in [6, 6.07) is 7.71. The van der Waals surface area contributed by atoms with E-state index in [1.54, 1.807) is 4.80 Å². The number of aromatic nitrogens is 3. The summed E-state index contributed by atoms with van der Waals surface area (Å²) in [5.41, 5.74) is 1.71. The molecular weight excluding hydrogens is 338 g/mol. The van der Waals surface area contributed by atoms with Gasteiger partial charge in [0.1, 0.15) is 11.0 Å². The van der Waals surface area contributed by atoms with E-state index in [2.05, 4.69) is 17.1 Å². The third kappa shape index (κ3) is 9.03. The van der Waals surface area contributed by atoms with Crippen molar-refractivity contribution in [3.05, 3.63) is 24.3 Å². The zero-order valence-electron chi connectivity index (χ0n) is 16.9. The Morgan fingerprint density at radius 3 is 1.93 bits per heavy atom. The predicted octanol–water partition coefficient (Wildman–Crippen LogP) is 5.68. The summed E-state index contributed by atoms with van der Waals surface area (Å²) in [5, 5.41) is 8.70. The molecule has 0 spiro atoms. The van der Waals surface area contributed by atoms with Gasteiger partial charge in [0.05, 0.1) is 19.6 Å². The number of fused-ring (bicyclic) bond motifs is 1. The first-order valence-electron chi connectivity index (χ1n) is 10.7. The van der Waals surface area contributed by atoms with Gasteiger partial charge in [-0.3, -0.25) is 4.79 Å². The number of unbranched alkanes of at least 4 members (excludes halogenated alkanes) is 10. The molecule has 0 radical (unpaired) electrons. The van der Waals surface area contributed by atoms with E-state index in [1.807, 2.05) is 24.3 Å². The van der Waals surface area contributed by atoms with Crippen LogP contribution in [0.4, 0.5) is 0 Å². The van der Waals surface area contributed by atoms with Crippen LogP contribution in [0.2, 0.25) is 0 Å². The topological polar surface area (TPSA) is 57.0 Å². The average Bonchev–Trinajstić information content (AvgIpc) is 3.10. The van der Waals surface area contributed by atoms with E-state index in [0.29, 0.717) is 19.6 Å². The molecule has 5 heteroatoms. The normalized spacial score (nSPS) is 11.1. The molecule has 0 aliphatic heterocycles. The van der Waals surface area contributed by atoms with Gasteiger partial charge in [0.15, 0.2) is 0 Å². The fraction of sp³-hybridized carbons (Fsp3) is 0.682. The van der Waals surface area contributed by atoms with Gasteiger partial charge in [0, 0.05) is 0 Å². The van der Waals surface area contributed by atoms with Crippen molar-refractivity contribution in [2.24, 2.45) is 0 Å². The highest BCUT2D eigenvalue weighted by Crippen LogP contribution is 2.11. The van der Waals surface area contributed by atoms with Crippen LogP contribution in [0.25, 0.3) is 11.0 Å². The first kappa shape index (κ1) is 21.4. The molecule has 1 aromatic carbocycles. The van der Waals surface area contributed by atoms with Crippen LogP contribution in [0.15, 0.2) is 24.3 Å². The largest absolute Gasteiger partial charge is 0.466 e. The maximum atomic E-state index is 11.8. The minimum absolute atomic E-state index is 0.163. The number of rotatable bonds is 15. The van der Waals surface area contributed by atoms with Gasteiger partial charge in [-0.15, -0.1) is 0 Å². The van der Waals surface area contributed by atoms with Gasteiger partial charge in [-0.2, -0.15) is 15.0 Å². The number of aryl methyl sites for hydroxylation is 1. The van der Waals surface area contributed by atoms with Crippen molar-refractivity contribution in [3.8, 4) is 0 Å². The summed E-state index contributed by atoms with van der Waals surface area (Å²) in [4.78, 5) is 13.4. The smallest absolute Gasteiger partial charge is 0.307 e. The number of carbonyl (C=O) groups is 1. The molecule has 0 bridgehead atoms. The van der Waals surface area contributed by atoms with Crippen molar-refractivity contribution in [1.29, 1.82) is 0 Å². The quantitative estimate of drug-likeness (QED) is 0.298. The van der Waals surface area contributed by atoms with Crippen molar-refractivity contribution in [2.45, 2.75) is 90.5 Å². The lowest BCUT2D eigenvalue weighted by atomic mass is 10.1. The number of ether oxygens (including phenoxy) is 1. The second-order valence-corrected chi connectivity index (χ2v) is 7.29. The molecule has 0 amide bonds. The zero-order chi connectivity index (χ0) is 19.2. The predicted molar refractivity (Wildman–Crippen MR) is 110 cm³/mol. The van der Waals surface area contributed by atoms with Crippen LogP contribution in [0.1, 0.15) is 84.0 Å². The van der Waals surface area contributed by atoms with E-state index in [9.17, 15) is 4.79 Å². The third-order valence-corrected chi connectivity index (χ3v) is 4.85. The van der Waals surface area contributed by atoms with Gasteiger partial charge >= 0.3 is 5.97 Å². The lowest BCUT2D eigenvalue weighted by molar-refractivity contribution is -0.144. The fourth-order valence-electron chi connectivity index (χ4n) is 3.22. The minimum Gasteiger partial charge on any atom is -0.466 e. The molecule has 0 saturated carbocycles. The second-order valence-electron chi connectivity index (χ2n) is 7.29. The summed E-state index contributed by atoms with van der Waals surface area (Å²) in [5.74, 6) is -0.163. The van der Waals surface area contributed by atoms with Crippen molar-refractivity contribution >= 4 is 17.0 Å². The average molecular weight is 374 g/mol. The molecular formula is C22H35N3O2. The van der Waals surface area contributed by atoms with Crippen molar-refractivity contribution in [3.63, 3.8) is 0 Å². The summed E-state index contributed by atoms with van der Waals surface area (Å²) >= 11 is 0. The van der Waals surface area contributed by atoms with E-state index < -0.39 is 0 Å². The fourth-order valence-corrected chi connectivity index (χ4v) is 3.22. The lowest BCUT2D eigenvalue weighted by Gasteiger charge is -2.05. The van der Waals surface area contributed by atoms with E-state index in [0.717, 1.165) is 23.9 Å². The van der Waals surface area contributed by atoms with E-state index in [4.69, 9.17) is 4.74 Å². The van der Waals surface area contributed by atoms with Gasteiger partial charge in [0.2, 0.25) is 0 Å². The Labute approximate surface area is 163 Å². The molecule has 27 heavy (non-hydrogen) atoms. The molecule has 1 aromatic heterocycles. The molecule has 0 N–H and O–H groups in total. The number of hydrogen-bond donors (Lipinski definition) is 0. The molecule has 2 rings (SSSR count). The molecule has 5 nitrogen and oxygen atoms in total. The molecule has 0 aliphatic rings. The molecule has 2 aromatic rings. The second kappa shape index (κ2) is 13.3. The van der Waals surface area contributed by atoms with E-state index in [1.165, 1.54) is 57.8 Å². The first-order chi connectivity index (χ1) is 13.3. The summed E-state index contributed by atoms with van der Waals surface area (Å²) in [6.45, 7) is 3.26. The molecule has 0 unspecified atom stereocenters. The highest BCUT2D eigenvalue weighted by Gasteiger charge is 2.06. The molecule has 0 fully saturated rings. The first-order valence-corrected chi connectivity index (χ1v) is 10.7. The Bertz CT molecular complexity index is 621. The van der Waals surface area contributed by atoms with Crippen LogP contribution >= 0.6 is 0 Å². The summed E-state index contributed by atoms with van der Waals surface area (Å²) < 4.78 is 5.31. The number of hydrogen-bond acceptors (Lipinski definition) is 4. The van der Waals surface area contributed by atoms with E-state index in [-0.39, 0.29) is 5.97 Å². The van der Waals surface area contributed by atoms with Crippen LogP contribution in [0, 0.1) is 0 Å². The Kier molecular flexibility index (Phi) is 10.5. The number of benzene rings is 1. The number of esters is 1. The van der Waals surface area contributed by atoms with Crippen LogP contribution in [-0.4, -0.2) is 27.6 Å². The monoisotopic (exact) mass is 373 g/mol. The lowest BCUT2D eigenvalue weighted by Crippen LogP contribution is -2.11.